The molecule has 0 aliphatic carbocycles. The highest BCUT2D eigenvalue weighted by Crippen LogP contribution is 2.25. The standard InChI is InChI=1S/C16H28N2O/c1-13-7-8-14(2)16(15(13)3)19-12-10-17-9-6-11-18(4)5/h7-8,17H,6,9-12H2,1-5H3. The largest absolute Gasteiger partial charge is 0.492 e. The molecule has 3 nitrogen and oxygen atoms in total. The molecular weight excluding hydrogens is 236 g/mol. The summed E-state index contributed by atoms with van der Waals surface area (Å²) in [5.41, 5.74) is 3.77. The number of benzene rings is 1. The third-order valence-corrected chi connectivity index (χ3v) is 3.36. The third-order valence-electron chi connectivity index (χ3n) is 3.36. The highest BCUT2D eigenvalue weighted by Gasteiger charge is 2.05. The fourth-order valence-electron chi connectivity index (χ4n) is 2.02. The average Bonchev–Trinajstić information content (AvgIpc) is 2.36. The molecule has 19 heavy (non-hydrogen) atoms. The Balaban J connectivity index is 2.25. The molecule has 0 aliphatic heterocycles. The van der Waals surface area contributed by atoms with E-state index in [2.05, 4.69) is 57.2 Å². The minimum atomic E-state index is 0.729. The minimum Gasteiger partial charge on any atom is -0.492 e. The SMILES string of the molecule is Cc1ccc(C)c(OCCNCCCN(C)C)c1C. The van der Waals surface area contributed by atoms with E-state index in [1.54, 1.807) is 0 Å². The summed E-state index contributed by atoms with van der Waals surface area (Å²) < 4.78 is 5.90. The van der Waals surface area contributed by atoms with Crippen LogP contribution in [0.25, 0.3) is 0 Å². The fraction of sp³-hybridized carbons (Fsp3) is 0.625. The monoisotopic (exact) mass is 264 g/mol. The number of aryl methyl sites for hydroxylation is 2. The Labute approximate surface area is 118 Å². The third kappa shape index (κ3) is 5.62. The molecule has 1 aromatic carbocycles. The van der Waals surface area contributed by atoms with Crippen molar-refractivity contribution in [2.75, 3.05) is 40.3 Å². The maximum atomic E-state index is 5.90. The molecule has 0 saturated carbocycles. The molecule has 0 unspecified atom stereocenters. The molecule has 0 fully saturated rings. The Kier molecular flexibility index (Phi) is 6.89. The zero-order valence-electron chi connectivity index (χ0n) is 13.0. The van der Waals surface area contributed by atoms with Crippen LogP contribution in [0.1, 0.15) is 23.1 Å². The van der Waals surface area contributed by atoms with Gasteiger partial charge in [-0.2, -0.15) is 0 Å². The number of hydrogen-bond acceptors (Lipinski definition) is 3. The molecule has 1 rings (SSSR count). The summed E-state index contributed by atoms with van der Waals surface area (Å²) in [7, 11) is 4.21. The van der Waals surface area contributed by atoms with Gasteiger partial charge in [0, 0.05) is 6.54 Å². The van der Waals surface area contributed by atoms with Gasteiger partial charge in [-0.15, -0.1) is 0 Å². The summed E-state index contributed by atoms with van der Waals surface area (Å²) in [6.45, 7) is 10.2. The first kappa shape index (κ1) is 16.0. The van der Waals surface area contributed by atoms with E-state index in [4.69, 9.17) is 4.74 Å². The van der Waals surface area contributed by atoms with Gasteiger partial charge in [-0.1, -0.05) is 12.1 Å². The predicted molar refractivity (Wildman–Crippen MR) is 82.2 cm³/mol. The van der Waals surface area contributed by atoms with E-state index < -0.39 is 0 Å². The van der Waals surface area contributed by atoms with Crippen LogP contribution in [0.3, 0.4) is 0 Å². The van der Waals surface area contributed by atoms with E-state index in [0.717, 1.165) is 32.0 Å². The lowest BCUT2D eigenvalue weighted by molar-refractivity contribution is 0.307. The smallest absolute Gasteiger partial charge is 0.125 e. The molecule has 1 N–H and O–H groups in total. The van der Waals surface area contributed by atoms with Gasteiger partial charge < -0.3 is 15.0 Å². The van der Waals surface area contributed by atoms with Crippen LogP contribution in [0.2, 0.25) is 0 Å². The van der Waals surface area contributed by atoms with Crippen molar-refractivity contribution >= 4 is 0 Å². The summed E-state index contributed by atoms with van der Waals surface area (Å²) in [6.07, 6.45) is 1.18. The molecule has 0 amide bonds. The van der Waals surface area contributed by atoms with Gasteiger partial charge in [-0.05, 0) is 71.1 Å². The highest BCUT2D eigenvalue weighted by molar-refractivity contribution is 5.44. The van der Waals surface area contributed by atoms with Gasteiger partial charge in [0.25, 0.3) is 0 Å². The Morgan fingerprint density at radius 2 is 1.74 bits per heavy atom. The van der Waals surface area contributed by atoms with E-state index >= 15 is 0 Å². The topological polar surface area (TPSA) is 24.5 Å². The minimum absolute atomic E-state index is 0.729. The maximum Gasteiger partial charge on any atom is 0.125 e. The number of nitrogens with one attached hydrogen (secondary N) is 1. The predicted octanol–water partition coefficient (Wildman–Crippen LogP) is 2.53. The molecular formula is C16H28N2O. The van der Waals surface area contributed by atoms with Crippen molar-refractivity contribution in [3.05, 3.63) is 28.8 Å². The van der Waals surface area contributed by atoms with Crippen molar-refractivity contribution in [3.8, 4) is 5.75 Å². The van der Waals surface area contributed by atoms with Crippen molar-refractivity contribution in [2.24, 2.45) is 0 Å². The van der Waals surface area contributed by atoms with E-state index in [1.807, 2.05) is 0 Å². The van der Waals surface area contributed by atoms with Crippen LogP contribution in [-0.4, -0.2) is 45.2 Å². The summed E-state index contributed by atoms with van der Waals surface area (Å²) in [6, 6.07) is 4.28. The Bertz CT molecular complexity index is 389. The fourth-order valence-corrected chi connectivity index (χ4v) is 2.02. The Hall–Kier alpha value is -1.06. The first-order chi connectivity index (χ1) is 9.02. The van der Waals surface area contributed by atoms with Gasteiger partial charge in [0.15, 0.2) is 0 Å². The zero-order valence-corrected chi connectivity index (χ0v) is 13.0. The van der Waals surface area contributed by atoms with Crippen LogP contribution in [0.15, 0.2) is 12.1 Å². The van der Waals surface area contributed by atoms with Crippen LogP contribution in [0.4, 0.5) is 0 Å². The molecule has 0 bridgehead atoms. The van der Waals surface area contributed by atoms with Crippen molar-refractivity contribution in [3.63, 3.8) is 0 Å². The normalized spacial score (nSPS) is 11.1. The van der Waals surface area contributed by atoms with Crippen molar-refractivity contribution in [2.45, 2.75) is 27.2 Å². The van der Waals surface area contributed by atoms with Gasteiger partial charge in [-0.25, -0.2) is 0 Å². The molecule has 3 heteroatoms. The average molecular weight is 264 g/mol. The molecule has 0 saturated heterocycles. The van der Waals surface area contributed by atoms with Crippen molar-refractivity contribution < 1.29 is 4.74 Å². The second-order valence-corrected chi connectivity index (χ2v) is 5.41. The van der Waals surface area contributed by atoms with Crippen LogP contribution < -0.4 is 10.1 Å². The molecule has 0 radical (unpaired) electrons. The molecule has 0 aromatic heterocycles. The lowest BCUT2D eigenvalue weighted by Crippen LogP contribution is -2.25. The maximum absolute atomic E-state index is 5.90. The van der Waals surface area contributed by atoms with E-state index in [0.29, 0.717) is 0 Å². The van der Waals surface area contributed by atoms with Gasteiger partial charge in [-0.3, -0.25) is 0 Å². The van der Waals surface area contributed by atoms with Crippen molar-refractivity contribution in [1.82, 2.24) is 10.2 Å². The van der Waals surface area contributed by atoms with Crippen molar-refractivity contribution in [1.29, 1.82) is 0 Å². The number of ether oxygens (including phenoxy) is 1. The molecule has 0 spiro atoms. The summed E-state index contributed by atoms with van der Waals surface area (Å²) in [4.78, 5) is 2.21. The summed E-state index contributed by atoms with van der Waals surface area (Å²) in [5, 5.41) is 3.41. The zero-order chi connectivity index (χ0) is 14.3. The van der Waals surface area contributed by atoms with Crippen LogP contribution in [0.5, 0.6) is 5.75 Å². The molecule has 0 heterocycles. The number of rotatable bonds is 8. The first-order valence-electron chi connectivity index (χ1n) is 7.07. The van der Waals surface area contributed by atoms with E-state index in [9.17, 15) is 0 Å². The van der Waals surface area contributed by atoms with Gasteiger partial charge in [0.2, 0.25) is 0 Å². The highest BCUT2D eigenvalue weighted by atomic mass is 16.5. The lowest BCUT2D eigenvalue weighted by atomic mass is 10.1. The van der Waals surface area contributed by atoms with Gasteiger partial charge in [0.05, 0.1) is 0 Å². The Morgan fingerprint density at radius 3 is 2.42 bits per heavy atom. The first-order valence-corrected chi connectivity index (χ1v) is 7.07. The second-order valence-electron chi connectivity index (χ2n) is 5.41. The summed E-state index contributed by atoms with van der Waals surface area (Å²) >= 11 is 0. The van der Waals surface area contributed by atoms with Crippen LogP contribution in [0, 0.1) is 20.8 Å². The van der Waals surface area contributed by atoms with Gasteiger partial charge in [0.1, 0.15) is 12.4 Å². The number of hydrogen-bond donors (Lipinski definition) is 1. The quantitative estimate of drug-likeness (QED) is 0.730. The van der Waals surface area contributed by atoms with Crippen LogP contribution in [-0.2, 0) is 0 Å². The summed E-state index contributed by atoms with van der Waals surface area (Å²) in [5.74, 6) is 1.05. The molecule has 1 aromatic rings. The van der Waals surface area contributed by atoms with Crippen LogP contribution >= 0.6 is 0 Å². The second kappa shape index (κ2) is 8.18. The van der Waals surface area contributed by atoms with E-state index in [1.165, 1.54) is 23.1 Å². The molecule has 0 atom stereocenters. The Morgan fingerprint density at radius 1 is 1.05 bits per heavy atom. The van der Waals surface area contributed by atoms with E-state index in [-0.39, 0.29) is 0 Å². The van der Waals surface area contributed by atoms with Gasteiger partial charge >= 0.3 is 0 Å². The number of nitrogens with zero attached hydrogens (tertiary/aromatic N) is 1. The molecule has 0 aliphatic rings. The lowest BCUT2D eigenvalue weighted by Gasteiger charge is -2.14. The molecule has 108 valence electrons.